The van der Waals surface area contributed by atoms with Crippen molar-refractivity contribution in [1.29, 1.82) is 0 Å². The lowest BCUT2D eigenvalue weighted by atomic mass is 10.2. The van der Waals surface area contributed by atoms with Crippen molar-refractivity contribution in [3.8, 4) is 0 Å². The Kier molecular flexibility index (Phi) is 7.92. The number of halogens is 3. The number of pyridine rings is 1. The molecule has 3 rings (SSSR count). The second kappa shape index (κ2) is 10.6. The summed E-state index contributed by atoms with van der Waals surface area (Å²) in [7, 11) is 0. The van der Waals surface area contributed by atoms with Crippen LogP contribution < -0.4 is 10.0 Å². The monoisotopic (exact) mass is 437 g/mol. The molecule has 0 atom stereocenters. The van der Waals surface area contributed by atoms with Gasteiger partial charge in [0.25, 0.3) is 0 Å². The summed E-state index contributed by atoms with van der Waals surface area (Å²) in [6.07, 6.45) is -4.34. The van der Waals surface area contributed by atoms with Crippen LogP contribution in [0.15, 0.2) is 59.5 Å². The van der Waals surface area contributed by atoms with Gasteiger partial charge in [-0.05, 0) is 48.3 Å². The van der Waals surface area contributed by atoms with Crippen molar-refractivity contribution in [1.82, 2.24) is 10.3 Å². The molecule has 1 heterocycles. The van der Waals surface area contributed by atoms with Gasteiger partial charge in [-0.2, -0.15) is 13.2 Å². The van der Waals surface area contributed by atoms with Crippen molar-refractivity contribution < 1.29 is 23.0 Å². The van der Waals surface area contributed by atoms with Crippen LogP contribution >= 0.6 is 11.9 Å². The molecule has 0 amide bonds. The molecule has 160 valence electrons. The van der Waals surface area contributed by atoms with Crippen LogP contribution in [0.4, 0.5) is 18.9 Å². The van der Waals surface area contributed by atoms with Crippen LogP contribution in [-0.4, -0.2) is 36.5 Å². The maximum absolute atomic E-state index is 12.7. The normalized spacial score (nSPS) is 11.7. The minimum atomic E-state index is -4.34. The molecule has 0 aliphatic carbocycles. The molecule has 0 saturated heterocycles. The number of aliphatic hydroxyl groups is 1. The lowest BCUT2D eigenvalue weighted by Gasteiger charge is -2.11. The molecule has 0 aliphatic rings. The number of nitrogens with zero attached hydrogens (tertiary/aromatic N) is 1. The predicted octanol–water partition coefficient (Wildman–Crippen LogP) is 4.47. The smallest absolute Gasteiger partial charge is 0.394 e. The average Bonchev–Trinajstić information content (AvgIpc) is 2.74. The van der Waals surface area contributed by atoms with E-state index in [0.29, 0.717) is 31.2 Å². The summed E-state index contributed by atoms with van der Waals surface area (Å²) < 4.78 is 46.5. The standard InChI is InChI=1S/C21H22F3N3O2S/c22-21(23,24)16-5-8-18(9-6-16)30-27-19-3-1-2-15-4-7-17(26-20(15)19)14-25-10-12-29-13-11-28/h1-9,25,27-28H,10-14H2. The Morgan fingerprint density at radius 1 is 1.00 bits per heavy atom. The number of ether oxygens (including phenoxy) is 1. The zero-order valence-electron chi connectivity index (χ0n) is 16.1. The number of alkyl halides is 3. The van der Waals surface area contributed by atoms with Crippen molar-refractivity contribution in [3.63, 3.8) is 0 Å². The van der Waals surface area contributed by atoms with E-state index in [4.69, 9.17) is 14.8 Å². The van der Waals surface area contributed by atoms with Gasteiger partial charge in [-0.15, -0.1) is 0 Å². The molecule has 0 unspecified atom stereocenters. The number of nitrogens with one attached hydrogen (secondary N) is 2. The molecule has 1 aromatic heterocycles. The van der Waals surface area contributed by atoms with Crippen LogP contribution in [0, 0.1) is 0 Å². The second-order valence-electron chi connectivity index (χ2n) is 6.42. The summed E-state index contributed by atoms with van der Waals surface area (Å²) in [4.78, 5) is 5.37. The van der Waals surface area contributed by atoms with Crippen molar-refractivity contribution in [3.05, 3.63) is 65.9 Å². The average molecular weight is 437 g/mol. The van der Waals surface area contributed by atoms with E-state index in [2.05, 4.69) is 10.0 Å². The molecule has 0 radical (unpaired) electrons. The van der Waals surface area contributed by atoms with Gasteiger partial charge in [-0.3, -0.25) is 0 Å². The maximum Gasteiger partial charge on any atom is 0.416 e. The third-order valence-electron chi connectivity index (χ3n) is 4.20. The van der Waals surface area contributed by atoms with Crippen LogP contribution in [0.5, 0.6) is 0 Å². The lowest BCUT2D eigenvalue weighted by molar-refractivity contribution is -0.137. The zero-order chi connectivity index (χ0) is 21.4. The number of hydrogen-bond acceptors (Lipinski definition) is 6. The minimum Gasteiger partial charge on any atom is -0.394 e. The topological polar surface area (TPSA) is 66.4 Å². The highest BCUT2D eigenvalue weighted by atomic mass is 32.2. The van der Waals surface area contributed by atoms with Gasteiger partial charge in [0.1, 0.15) is 0 Å². The summed E-state index contributed by atoms with van der Waals surface area (Å²) in [5, 5.41) is 12.9. The first-order valence-electron chi connectivity index (χ1n) is 9.35. The third-order valence-corrected chi connectivity index (χ3v) is 5.03. The predicted molar refractivity (Wildman–Crippen MR) is 112 cm³/mol. The second-order valence-corrected chi connectivity index (χ2v) is 7.30. The molecular weight excluding hydrogens is 415 g/mol. The van der Waals surface area contributed by atoms with Gasteiger partial charge in [0.15, 0.2) is 0 Å². The van der Waals surface area contributed by atoms with E-state index >= 15 is 0 Å². The van der Waals surface area contributed by atoms with E-state index in [1.165, 1.54) is 24.1 Å². The quantitative estimate of drug-likeness (QED) is 0.321. The Labute approximate surface area is 176 Å². The summed E-state index contributed by atoms with van der Waals surface area (Å²) in [6.45, 7) is 2.04. The number of rotatable bonds is 10. The highest BCUT2D eigenvalue weighted by Gasteiger charge is 2.29. The molecule has 0 spiro atoms. The van der Waals surface area contributed by atoms with Gasteiger partial charge in [-0.1, -0.05) is 18.2 Å². The molecule has 3 N–H and O–H groups in total. The van der Waals surface area contributed by atoms with Gasteiger partial charge in [-0.25, -0.2) is 4.98 Å². The maximum atomic E-state index is 12.7. The Bertz CT molecular complexity index is 952. The Morgan fingerprint density at radius 2 is 1.80 bits per heavy atom. The first-order chi connectivity index (χ1) is 14.5. The first kappa shape index (κ1) is 22.4. The number of aliphatic hydroxyl groups excluding tert-OH is 1. The molecular formula is C21H22F3N3O2S. The van der Waals surface area contributed by atoms with E-state index in [1.807, 2.05) is 30.3 Å². The molecule has 9 heteroatoms. The summed E-state index contributed by atoms with van der Waals surface area (Å²) in [5.74, 6) is 0. The van der Waals surface area contributed by atoms with Crippen LogP contribution in [0.1, 0.15) is 11.3 Å². The fourth-order valence-corrected chi connectivity index (χ4v) is 3.39. The summed E-state index contributed by atoms with van der Waals surface area (Å²) in [5.41, 5.74) is 1.76. The summed E-state index contributed by atoms with van der Waals surface area (Å²) in [6, 6.07) is 14.7. The fraction of sp³-hybridized carbons (Fsp3) is 0.286. The van der Waals surface area contributed by atoms with E-state index in [0.717, 1.165) is 34.4 Å². The van der Waals surface area contributed by atoms with Crippen LogP contribution in [0.3, 0.4) is 0 Å². The molecule has 5 nitrogen and oxygen atoms in total. The Hall–Kier alpha value is -2.33. The lowest BCUT2D eigenvalue weighted by Crippen LogP contribution is -2.20. The van der Waals surface area contributed by atoms with Gasteiger partial charge in [0, 0.05) is 23.4 Å². The van der Waals surface area contributed by atoms with Crippen LogP contribution in [-0.2, 0) is 17.5 Å². The highest BCUT2D eigenvalue weighted by molar-refractivity contribution is 8.00. The molecule has 30 heavy (non-hydrogen) atoms. The molecule has 0 saturated carbocycles. The third kappa shape index (κ3) is 6.33. The zero-order valence-corrected chi connectivity index (χ0v) is 16.9. The SMILES string of the molecule is OCCOCCNCc1ccc2cccc(NSc3ccc(C(F)(F)F)cc3)c2n1. The Morgan fingerprint density at radius 3 is 2.53 bits per heavy atom. The molecule has 0 fully saturated rings. The number of fused-ring (bicyclic) bond motifs is 1. The van der Waals surface area contributed by atoms with E-state index in [1.54, 1.807) is 0 Å². The minimum absolute atomic E-state index is 0.00644. The van der Waals surface area contributed by atoms with Crippen molar-refractivity contribution in [2.45, 2.75) is 17.6 Å². The molecule has 3 aromatic rings. The largest absolute Gasteiger partial charge is 0.416 e. The van der Waals surface area contributed by atoms with Crippen LogP contribution in [0.2, 0.25) is 0 Å². The van der Waals surface area contributed by atoms with Gasteiger partial charge in [0.2, 0.25) is 0 Å². The number of benzene rings is 2. The fourth-order valence-electron chi connectivity index (χ4n) is 2.72. The van der Waals surface area contributed by atoms with Gasteiger partial charge >= 0.3 is 6.18 Å². The molecule has 2 aromatic carbocycles. The number of anilines is 1. The molecule has 0 bridgehead atoms. The highest BCUT2D eigenvalue weighted by Crippen LogP contribution is 2.32. The van der Waals surface area contributed by atoms with Crippen molar-refractivity contribution in [2.24, 2.45) is 0 Å². The molecule has 0 aliphatic heterocycles. The summed E-state index contributed by atoms with van der Waals surface area (Å²) >= 11 is 1.23. The van der Waals surface area contributed by atoms with E-state index in [9.17, 15) is 13.2 Å². The number of hydrogen-bond donors (Lipinski definition) is 3. The van der Waals surface area contributed by atoms with Crippen molar-refractivity contribution in [2.75, 3.05) is 31.1 Å². The van der Waals surface area contributed by atoms with Gasteiger partial charge in [0.05, 0.1) is 42.3 Å². The number of para-hydroxylation sites is 1. The van der Waals surface area contributed by atoms with Crippen molar-refractivity contribution >= 4 is 28.5 Å². The number of aromatic nitrogens is 1. The van der Waals surface area contributed by atoms with Crippen LogP contribution in [0.25, 0.3) is 10.9 Å². The Balaban J connectivity index is 1.63. The van der Waals surface area contributed by atoms with Gasteiger partial charge < -0.3 is 19.9 Å². The van der Waals surface area contributed by atoms with E-state index < -0.39 is 11.7 Å². The first-order valence-corrected chi connectivity index (χ1v) is 10.2. The van der Waals surface area contributed by atoms with E-state index in [-0.39, 0.29) is 6.61 Å².